The Kier molecular flexibility index (Phi) is 4.05. The van der Waals surface area contributed by atoms with Crippen LogP contribution >= 0.6 is 0 Å². The molecular formula is C17H27N3O3. The Labute approximate surface area is 137 Å². The molecule has 128 valence electrons. The molecule has 0 radical (unpaired) electrons. The molecule has 2 atom stereocenters. The van der Waals surface area contributed by atoms with Crippen molar-refractivity contribution in [1.82, 2.24) is 14.7 Å². The normalized spacial score (nSPS) is 37.3. The third kappa shape index (κ3) is 2.87. The molecule has 0 spiro atoms. The second-order valence-electron chi connectivity index (χ2n) is 7.76. The van der Waals surface area contributed by atoms with Crippen LogP contribution in [0.15, 0.2) is 0 Å². The molecule has 2 amide bonds. The van der Waals surface area contributed by atoms with Crippen LogP contribution in [0, 0.1) is 17.8 Å². The van der Waals surface area contributed by atoms with E-state index in [2.05, 4.69) is 4.90 Å². The molecule has 0 aromatic rings. The van der Waals surface area contributed by atoms with Gasteiger partial charge in [0.1, 0.15) is 0 Å². The zero-order valence-corrected chi connectivity index (χ0v) is 13.7. The number of carbonyl (C=O) groups is 2. The summed E-state index contributed by atoms with van der Waals surface area (Å²) in [7, 11) is 0. The van der Waals surface area contributed by atoms with Crippen molar-refractivity contribution in [2.75, 3.05) is 45.8 Å². The highest BCUT2D eigenvalue weighted by Crippen LogP contribution is 2.36. The Hall–Kier alpha value is -1.14. The average molecular weight is 321 g/mol. The standard InChI is InChI=1S/C17H27N3O3/c21-14-7-12(8-14)16(22)20-10-13-9-19(17(23)15(13)11-20)6-5-18-3-1-2-4-18/h12-15,21H,1-11H2/t12?,13-,14?,15+/m1/s1. The van der Waals surface area contributed by atoms with Gasteiger partial charge in [-0.25, -0.2) is 0 Å². The van der Waals surface area contributed by atoms with Crippen molar-refractivity contribution in [3.8, 4) is 0 Å². The molecule has 3 aliphatic heterocycles. The summed E-state index contributed by atoms with van der Waals surface area (Å²) < 4.78 is 0. The summed E-state index contributed by atoms with van der Waals surface area (Å²) in [4.78, 5) is 31.3. The highest BCUT2D eigenvalue weighted by molar-refractivity contribution is 5.85. The van der Waals surface area contributed by atoms with E-state index in [0.29, 0.717) is 25.3 Å². The van der Waals surface area contributed by atoms with Crippen LogP contribution in [-0.4, -0.2) is 83.5 Å². The van der Waals surface area contributed by atoms with Crippen molar-refractivity contribution in [3.63, 3.8) is 0 Å². The Bertz CT molecular complexity index is 485. The maximum atomic E-state index is 12.6. The van der Waals surface area contributed by atoms with Crippen molar-refractivity contribution in [2.45, 2.75) is 31.8 Å². The van der Waals surface area contributed by atoms with E-state index < -0.39 is 0 Å². The number of aliphatic hydroxyl groups is 1. The predicted molar refractivity (Wildman–Crippen MR) is 84.5 cm³/mol. The SMILES string of the molecule is O=C(C1CC(O)C1)N1C[C@H]2CN(CCN3CCCC3)C(=O)[C@H]2C1. The van der Waals surface area contributed by atoms with Gasteiger partial charge in [0.05, 0.1) is 12.0 Å². The van der Waals surface area contributed by atoms with Crippen molar-refractivity contribution in [1.29, 1.82) is 0 Å². The molecule has 0 unspecified atom stereocenters. The number of rotatable bonds is 4. The van der Waals surface area contributed by atoms with E-state index >= 15 is 0 Å². The van der Waals surface area contributed by atoms with E-state index in [1.165, 1.54) is 25.9 Å². The zero-order valence-electron chi connectivity index (χ0n) is 13.7. The predicted octanol–water partition coefficient (Wildman–Crippen LogP) is -0.230. The topological polar surface area (TPSA) is 64.1 Å². The van der Waals surface area contributed by atoms with Crippen LogP contribution in [0.25, 0.3) is 0 Å². The Morgan fingerprint density at radius 2 is 1.83 bits per heavy atom. The van der Waals surface area contributed by atoms with Crippen molar-refractivity contribution < 1.29 is 14.7 Å². The molecule has 6 nitrogen and oxygen atoms in total. The molecule has 0 aromatic heterocycles. The van der Waals surface area contributed by atoms with E-state index in [0.717, 1.165) is 26.2 Å². The first-order valence-corrected chi connectivity index (χ1v) is 9.10. The lowest BCUT2D eigenvalue weighted by atomic mass is 9.81. The molecular weight excluding hydrogens is 294 g/mol. The van der Waals surface area contributed by atoms with Crippen LogP contribution in [0.5, 0.6) is 0 Å². The summed E-state index contributed by atoms with van der Waals surface area (Å²) in [6.07, 6.45) is 3.47. The molecule has 1 N–H and O–H groups in total. The molecule has 4 aliphatic rings. The number of amides is 2. The van der Waals surface area contributed by atoms with Gasteiger partial charge < -0.3 is 19.8 Å². The third-order valence-electron chi connectivity index (χ3n) is 6.18. The highest BCUT2D eigenvalue weighted by atomic mass is 16.3. The summed E-state index contributed by atoms with van der Waals surface area (Å²) in [6.45, 7) is 6.31. The fourth-order valence-corrected chi connectivity index (χ4v) is 4.64. The monoisotopic (exact) mass is 321 g/mol. The lowest BCUT2D eigenvalue weighted by molar-refractivity contribution is -0.142. The lowest BCUT2D eigenvalue weighted by Crippen LogP contribution is -2.44. The second-order valence-corrected chi connectivity index (χ2v) is 7.76. The minimum atomic E-state index is -0.297. The minimum Gasteiger partial charge on any atom is -0.393 e. The summed E-state index contributed by atoms with van der Waals surface area (Å²) in [6, 6.07) is 0. The largest absolute Gasteiger partial charge is 0.393 e. The van der Waals surface area contributed by atoms with Gasteiger partial charge in [-0.15, -0.1) is 0 Å². The van der Waals surface area contributed by atoms with Gasteiger partial charge >= 0.3 is 0 Å². The Morgan fingerprint density at radius 3 is 2.48 bits per heavy atom. The maximum Gasteiger partial charge on any atom is 0.227 e. The molecule has 1 aliphatic carbocycles. The van der Waals surface area contributed by atoms with E-state index in [4.69, 9.17) is 0 Å². The van der Waals surface area contributed by atoms with E-state index in [-0.39, 0.29) is 29.8 Å². The maximum absolute atomic E-state index is 12.6. The van der Waals surface area contributed by atoms with Crippen LogP contribution < -0.4 is 0 Å². The fraction of sp³-hybridized carbons (Fsp3) is 0.882. The first kappa shape index (κ1) is 15.4. The number of fused-ring (bicyclic) bond motifs is 1. The number of carbonyl (C=O) groups excluding carboxylic acids is 2. The fourth-order valence-electron chi connectivity index (χ4n) is 4.64. The lowest BCUT2D eigenvalue weighted by Gasteiger charge is -2.33. The molecule has 1 saturated carbocycles. The summed E-state index contributed by atoms with van der Waals surface area (Å²) in [5.74, 6) is 0.724. The van der Waals surface area contributed by atoms with Crippen LogP contribution in [0.4, 0.5) is 0 Å². The molecule has 4 rings (SSSR count). The first-order chi connectivity index (χ1) is 11.1. The quantitative estimate of drug-likeness (QED) is 0.777. The minimum absolute atomic E-state index is 0.00908. The zero-order chi connectivity index (χ0) is 16.0. The number of hydrogen-bond acceptors (Lipinski definition) is 4. The van der Waals surface area contributed by atoms with Crippen LogP contribution in [0.3, 0.4) is 0 Å². The number of hydrogen-bond donors (Lipinski definition) is 1. The molecule has 3 heterocycles. The van der Waals surface area contributed by atoms with Gasteiger partial charge in [-0.1, -0.05) is 0 Å². The molecule has 23 heavy (non-hydrogen) atoms. The van der Waals surface area contributed by atoms with Crippen LogP contribution in [-0.2, 0) is 9.59 Å². The van der Waals surface area contributed by atoms with E-state index in [1.807, 2.05) is 9.80 Å². The van der Waals surface area contributed by atoms with Gasteiger partial charge in [0.15, 0.2) is 0 Å². The average Bonchev–Trinajstić information content (AvgIpc) is 3.20. The van der Waals surface area contributed by atoms with Gasteiger partial charge in [0.2, 0.25) is 11.8 Å². The Balaban J connectivity index is 1.27. The molecule has 3 saturated heterocycles. The van der Waals surface area contributed by atoms with Gasteiger partial charge in [-0.05, 0) is 38.8 Å². The van der Waals surface area contributed by atoms with Crippen molar-refractivity contribution >= 4 is 11.8 Å². The molecule has 6 heteroatoms. The van der Waals surface area contributed by atoms with Crippen LogP contribution in [0.1, 0.15) is 25.7 Å². The third-order valence-corrected chi connectivity index (χ3v) is 6.18. The van der Waals surface area contributed by atoms with Crippen molar-refractivity contribution in [3.05, 3.63) is 0 Å². The second kappa shape index (κ2) is 6.06. The highest BCUT2D eigenvalue weighted by Gasteiger charge is 2.49. The number of nitrogens with zero attached hydrogens (tertiary/aromatic N) is 3. The van der Waals surface area contributed by atoms with Gasteiger partial charge in [0, 0.05) is 44.6 Å². The summed E-state index contributed by atoms with van der Waals surface area (Å²) in [5, 5.41) is 9.36. The number of likely N-dealkylation sites (tertiary alicyclic amines) is 3. The van der Waals surface area contributed by atoms with Gasteiger partial charge in [-0.3, -0.25) is 9.59 Å². The molecule has 0 aromatic carbocycles. The summed E-state index contributed by atoms with van der Waals surface area (Å²) >= 11 is 0. The van der Waals surface area contributed by atoms with Gasteiger partial charge in [0.25, 0.3) is 0 Å². The van der Waals surface area contributed by atoms with E-state index in [1.54, 1.807) is 0 Å². The van der Waals surface area contributed by atoms with E-state index in [9.17, 15) is 14.7 Å². The number of aliphatic hydroxyl groups excluding tert-OH is 1. The molecule has 0 bridgehead atoms. The molecule has 4 fully saturated rings. The van der Waals surface area contributed by atoms with Gasteiger partial charge in [-0.2, -0.15) is 0 Å². The van der Waals surface area contributed by atoms with Crippen molar-refractivity contribution in [2.24, 2.45) is 17.8 Å². The smallest absolute Gasteiger partial charge is 0.227 e. The first-order valence-electron chi connectivity index (χ1n) is 9.10. The Morgan fingerprint density at radius 1 is 1.09 bits per heavy atom. The van der Waals surface area contributed by atoms with Crippen LogP contribution in [0.2, 0.25) is 0 Å². The summed E-state index contributed by atoms with van der Waals surface area (Å²) in [5.41, 5.74) is 0.